The monoisotopic (exact) mass is 245 g/mol. The molecule has 0 bridgehead atoms. The SMILES string of the molecule is CC(c1ccc2c(c1)OCO2)N1C(=O)C=CC1=O. The normalized spacial score (nSPS) is 18.6. The molecular formula is C13H11NO4. The van der Waals surface area contributed by atoms with Gasteiger partial charge in [-0.2, -0.15) is 0 Å². The minimum atomic E-state index is -0.325. The Bertz CT molecular complexity index is 546. The van der Waals surface area contributed by atoms with E-state index in [0.29, 0.717) is 11.5 Å². The van der Waals surface area contributed by atoms with E-state index in [1.54, 1.807) is 19.1 Å². The molecule has 2 amide bonds. The zero-order valence-corrected chi connectivity index (χ0v) is 9.75. The molecule has 92 valence electrons. The van der Waals surface area contributed by atoms with Crippen LogP contribution in [0.5, 0.6) is 11.5 Å². The van der Waals surface area contributed by atoms with E-state index in [9.17, 15) is 9.59 Å². The van der Waals surface area contributed by atoms with Gasteiger partial charge < -0.3 is 9.47 Å². The highest BCUT2D eigenvalue weighted by Gasteiger charge is 2.30. The van der Waals surface area contributed by atoms with Crippen LogP contribution < -0.4 is 9.47 Å². The summed E-state index contributed by atoms with van der Waals surface area (Å²) in [7, 11) is 0. The molecule has 1 aromatic carbocycles. The molecule has 3 rings (SSSR count). The second-order valence-electron chi connectivity index (χ2n) is 4.17. The maximum absolute atomic E-state index is 11.6. The van der Waals surface area contributed by atoms with Gasteiger partial charge in [0, 0.05) is 12.2 Å². The van der Waals surface area contributed by atoms with E-state index in [1.807, 2.05) is 6.07 Å². The van der Waals surface area contributed by atoms with E-state index in [2.05, 4.69) is 0 Å². The third kappa shape index (κ3) is 1.55. The molecule has 1 unspecified atom stereocenters. The lowest BCUT2D eigenvalue weighted by Gasteiger charge is -2.22. The van der Waals surface area contributed by atoms with Crippen molar-refractivity contribution in [2.24, 2.45) is 0 Å². The van der Waals surface area contributed by atoms with Crippen molar-refractivity contribution < 1.29 is 19.1 Å². The molecule has 5 nitrogen and oxygen atoms in total. The predicted molar refractivity (Wildman–Crippen MR) is 62.0 cm³/mol. The first-order valence-electron chi connectivity index (χ1n) is 5.61. The van der Waals surface area contributed by atoms with E-state index >= 15 is 0 Å². The Morgan fingerprint density at radius 2 is 1.78 bits per heavy atom. The number of rotatable bonds is 2. The molecule has 2 aliphatic heterocycles. The second kappa shape index (κ2) is 3.87. The van der Waals surface area contributed by atoms with Gasteiger partial charge in [-0.25, -0.2) is 0 Å². The summed E-state index contributed by atoms with van der Waals surface area (Å²) in [5, 5.41) is 0. The predicted octanol–water partition coefficient (Wildman–Crippen LogP) is 1.40. The van der Waals surface area contributed by atoms with Crippen molar-refractivity contribution in [3.05, 3.63) is 35.9 Å². The van der Waals surface area contributed by atoms with Crippen LogP contribution in [-0.2, 0) is 9.59 Å². The first-order valence-corrected chi connectivity index (χ1v) is 5.61. The number of carbonyl (C=O) groups is 2. The zero-order valence-electron chi connectivity index (χ0n) is 9.75. The maximum atomic E-state index is 11.6. The topological polar surface area (TPSA) is 55.8 Å². The molecule has 0 aliphatic carbocycles. The van der Waals surface area contributed by atoms with Crippen LogP contribution in [0.4, 0.5) is 0 Å². The lowest BCUT2D eigenvalue weighted by Crippen LogP contribution is -2.32. The minimum absolute atomic E-state index is 0.205. The van der Waals surface area contributed by atoms with Gasteiger partial charge in [0.1, 0.15) is 0 Å². The molecule has 0 fully saturated rings. The van der Waals surface area contributed by atoms with Crippen LogP contribution in [0.2, 0.25) is 0 Å². The highest BCUT2D eigenvalue weighted by atomic mass is 16.7. The van der Waals surface area contributed by atoms with Gasteiger partial charge in [-0.05, 0) is 24.6 Å². The van der Waals surface area contributed by atoms with Crippen LogP contribution in [0, 0.1) is 0 Å². The number of hydrogen-bond acceptors (Lipinski definition) is 4. The molecular weight excluding hydrogens is 234 g/mol. The van der Waals surface area contributed by atoms with Crippen molar-refractivity contribution in [1.82, 2.24) is 4.90 Å². The summed E-state index contributed by atoms with van der Waals surface area (Å²) in [6, 6.07) is 5.09. The number of carbonyl (C=O) groups excluding carboxylic acids is 2. The molecule has 0 saturated heterocycles. The Morgan fingerprint density at radius 1 is 1.11 bits per heavy atom. The van der Waals surface area contributed by atoms with Gasteiger partial charge in [0.25, 0.3) is 11.8 Å². The Morgan fingerprint density at radius 3 is 2.50 bits per heavy atom. The van der Waals surface area contributed by atoms with Gasteiger partial charge in [-0.3, -0.25) is 14.5 Å². The number of imide groups is 1. The Hall–Kier alpha value is -2.30. The van der Waals surface area contributed by atoms with Crippen molar-refractivity contribution in [2.45, 2.75) is 13.0 Å². The summed E-state index contributed by atoms with van der Waals surface area (Å²) < 4.78 is 10.5. The largest absolute Gasteiger partial charge is 0.454 e. The lowest BCUT2D eigenvalue weighted by atomic mass is 10.1. The van der Waals surface area contributed by atoms with Crippen molar-refractivity contribution >= 4 is 11.8 Å². The first kappa shape index (κ1) is 10.8. The summed E-state index contributed by atoms with van der Waals surface area (Å²) in [6.45, 7) is 2.01. The van der Waals surface area contributed by atoms with E-state index in [0.717, 1.165) is 5.56 Å². The molecule has 0 N–H and O–H groups in total. The van der Waals surface area contributed by atoms with E-state index in [4.69, 9.17) is 9.47 Å². The maximum Gasteiger partial charge on any atom is 0.254 e. The number of hydrogen-bond donors (Lipinski definition) is 0. The van der Waals surface area contributed by atoms with Gasteiger partial charge in [0.15, 0.2) is 11.5 Å². The summed E-state index contributed by atoms with van der Waals surface area (Å²) in [6.07, 6.45) is 2.57. The molecule has 18 heavy (non-hydrogen) atoms. The number of benzene rings is 1. The Labute approximate surface area is 104 Å². The highest BCUT2D eigenvalue weighted by Crippen LogP contribution is 2.35. The molecule has 0 radical (unpaired) electrons. The molecule has 1 aromatic rings. The van der Waals surface area contributed by atoms with Crippen LogP contribution in [-0.4, -0.2) is 23.5 Å². The summed E-state index contributed by atoms with van der Waals surface area (Å²) >= 11 is 0. The van der Waals surface area contributed by atoms with Gasteiger partial charge in [0.05, 0.1) is 6.04 Å². The number of fused-ring (bicyclic) bond motifs is 1. The van der Waals surface area contributed by atoms with Crippen LogP contribution >= 0.6 is 0 Å². The highest BCUT2D eigenvalue weighted by molar-refractivity contribution is 6.13. The van der Waals surface area contributed by atoms with Crippen molar-refractivity contribution in [3.8, 4) is 11.5 Å². The summed E-state index contributed by atoms with van der Waals surface area (Å²) in [5.74, 6) is 0.755. The standard InChI is InChI=1S/C13H11NO4/c1-8(14-12(15)4-5-13(14)16)9-2-3-10-11(6-9)18-7-17-10/h2-6,8H,7H2,1H3. The molecule has 5 heteroatoms. The number of ether oxygens (including phenoxy) is 2. The first-order chi connectivity index (χ1) is 8.66. The van der Waals surface area contributed by atoms with E-state index < -0.39 is 0 Å². The molecule has 2 heterocycles. The zero-order chi connectivity index (χ0) is 12.7. The number of amides is 2. The average molecular weight is 245 g/mol. The summed E-state index contributed by atoms with van der Waals surface area (Å²) in [4.78, 5) is 24.4. The molecule has 0 aromatic heterocycles. The van der Waals surface area contributed by atoms with Crippen LogP contribution in [0.25, 0.3) is 0 Å². The third-order valence-electron chi connectivity index (χ3n) is 3.11. The number of nitrogens with zero attached hydrogens (tertiary/aromatic N) is 1. The smallest absolute Gasteiger partial charge is 0.254 e. The van der Waals surface area contributed by atoms with Crippen molar-refractivity contribution in [3.63, 3.8) is 0 Å². The van der Waals surface area contributed by atoms with Gasteiger partial charge in [0.2, 0.25) is 6.79 Å². The van der Waals surface area contributed by atoms with E-state index in [1.165, 1.54) is 17.1 Å². The van der Waals surface area contributed by atoms with Crippen molar-refractivity contribution in [1.29, 1.82) is 0 Å². The third-order valence-corrected chi connectivity index (χ3v) is 3.11. The lowest BCUT2D eigenvalue weighted by molar-refractivity contribution is -0.139. The molecule has 1 atom stereocenters. The van der Waals surface area contributed by atoms with Gasteiger partial charge in [-0.15, -0.1) is 0 Å². The average Bonchev–Trinajstić information content (AvgIpc) is 2.94. The molecule has 0 saturated carbocycles. The van der Waals surface area contributed by atoms with Crippen molar-refractivity contribution in [2.75, 3.05) is 6.79 Å². The van der Waals surface area contributed by atoms with Crippen LogP contribution in [0.3, 0.4) is 0 Å². The quantitative estimate of drug-likeness (QED) is 0.739. The second-order valence-corrected chi connectivity index (χ2v) is 4.17. The van der Waals surface area contributed by atoms with Gasteiger partial charge >= 0.3 is 0 Å². The summed E-state index contributed by atoms with van der Waals surface area (Å²) in [5.41, 5.74) is 0.838. The van der Waals surface area contributed by atoms with Crippen LogP contribution in [0.15, 0.2) is 30.4 Å². The fourth-order valence-corrected chi connectivity index (χ4v) is 2.12. The fourth-order valence-electron chi connectivity index (χ4n) is 2.12. The molecule has 2 aliphatic rings. The minimum Gasteiger partial charge on any atom is -0.454 e. The van der Waals surface area contributed by atoms with Crippen LogP contribution in [0.1, 0.15) is 18.5 Å². The Kier molecular flexibility index (Phi) is 2.33. The fraction of sp³-hybridized carbons (Fsp3) is 0.231. The van der Waals surface area contributed by atoms with E-state index in [-0.39, 0.29) is 24.6 Å². The molecule has 0 spiro atoms. The Balaban J connectivity index is 1.91. The van der Waals surface area contributed by atoms with Gasteiger partial charge in [-0.1, -0.05) is 6.07 Å².